The Hall–Kier alpha value is -5.03. The van der Waals surface area contributed by atoms with Gasteiger partial charge in [0.2, 0.25) is 0 Å². The van der Waals surface area contributed by atoms with Crippen molar-refractivity contribution in [1.29, 1.82) is 0 Å². The quantitative estimate of drug-likeness (QED) is 0.162. The molecule has 0 spiro atoms. The number of anilines is 4. The van der Waals surface area contributed by atoms with Crippen LogP contribution in [0, 0.1) is 6.92 Å². The lowest BCUT2D eigenvalue weighted by Gasteiger charge is -2.20. The van der Waals surface area contributed by atoms with Crippen molar-refractivity contribution < 1.29 is 19.1 Å². The molecular weight excluding hydrogens is 612 g/mol. The summed E-state index contributed by atoms with van der Waals surface area (Å²) in [5, 5.41) is 9.63. The molecule has 0 aliphatic carbocycles. The number of rotatable bonds is 7. The summed E-state index contributed by atoms with van der Waals surface area (Å²) in [4.78, 5) is 38.7. The Morgan fingerprint density at radius 3 is 2.40 bits per heavy atom. The van der Waals surface area contributed by atoms with Gasteiger partial charge in [0.15, 0.2) is 11.4 Å². The van der Waals surface area contributed by atoms with Gasteiger partial charge < -0.3 is 20.1 Å². The zero-order valence-corrected chi connectivity index (χ0v) is 25.5. The number of amides is 2. The van der Waals surface area contributed by atoms with Gasteiger partial charge in [-0.05, 0) is 88.4 Å². The van der Waals surface area contributed by atoms with Gasteiger partial charge in [0.05, 0.1) is 11.1 Å². The monoisotopic (exact) mass is 640 g/mol. The van der Waals surface area contributed by atoms with Crippen LogP contribution >= 0.6 is 15.9 Å². The van der Waals surface area contributed by atoms with E-state index < -0.39 is 11.7 Å². The molecule has 0 unspecified atom stereocenters. The second-order valence-corrected chi connectivity index (χ2v) is 11.5. The van der Waals surface area contributed by atoms with Crippen LogP contribution in [0.1, 0.15) is 36.8 Å². The predicted octanol–water partition coefficient (Wildman–Crippen LogP) is 8.23. The van der Waals surface area contributed by atoms with Crippen LogP contribution in [0.4, 0.5) is 27.7 Å². The molecule has 0 bridgehead atoms. The highest BCUT2D eigenvalue weighted by atomic mass is 79.9. The average Bonchev–Trinajstić information content (AvgIpc) is 2.93. The number of ether oxygens (including phenoxy) is 2. The topological polar surface area (TPSA) is 127 Å². The molecule has 2 aromatic heterocycles. The third kappa shape index (κ3) is 7.83. The Labute approximate surface area is 257 Å². The largest absolute Gasteiger partial charge is 0.455 e. The SMILES string of the molecule is Cc1ccc2c(Nc3cc(C(=O)Nc4cccc(Br)c4)ccc3Oc3cccc(NC(=O)OC(C)(C)C)c3)ncnc2n1. The zero-order valence-electron chi connectivity index (χ0n) is 23.9. The summed E-state index contributed by atoms with van der Waals surface area (Å²) in [6, 6.07) is 23.0. The van der Waals surface area contributed by atoms with E-state index in [9.17, 15) is 9.59 Å². The van der Waals surface area contributed by atoms with Gasteiger partial charge in [0.1, 0.15) is 23.5 Å². The molecule has 2 heterocycles. The predicted molar refractivity (Wildman–Crippen MR) is 170 cm³/mol. The summed E-state index contributed by atoms with van der Waals surface area (Å²) in [6.07, 6.45) is 0.847. The Morgan fingerprint density at radius 2 is 1.63 bits per heavy atom. The maximum Gasteiger partial charge on any atom is 0.412 e. The zero-order chi connectivity index (χ0) is 30.6. The Balaban J connectivity index is 1.47. The number of fused-ring (bicyclic) bond motifs is 1. The minimum Gasteiger partial charge on any atom is -0.455 e. The number of nitrogens with zero attached hydrogens (tertiary/aromatic N) is 3. The number of pyridine rings is 1. The van der Waals surface area contributed by atoms with E-state index in [1.165, 1.54) is 6.33 Å². The van der Waals surface area contributed by atoms with Gasteiger partial charge in [-0.15, -0.1) is 0 Å². The molecule has 0 saturated heterocycles. The van der Waals surface area contributed by atoms with Gasteiger partial charge in [-0.1, -0.05) is 28.1 Å². The fourth-order valence-electron chi connectivity index (χ4n) is 4.08. The minimum absolute atomic E-state index is 0.305. The highest BCUT2D eigenvalue weighted by Gasteiger charge is 2.17. The van der Waals surface area contributed by atoms with Crippen molar-refractivity contribution in [1.82, 2.24) is 15.0 Å². The summed E-state index contributed by atoms with van der Waals surface area (Å²) in [7, 11) is 0. The molecule has 0 radical (unpaired) electrons. The van der Waals surface area contributed by atoms with E-state index in [-0.39, 0.29) is 5.91 Å². The van der Waals surface area contributed by atoms with E-state index in [0.29, 0.717) is 51.0 Å². The number of hydrogen-bond acceptors (Lipinski definition) is 8. The maximum absolute atomic E-state index is 13.2. The molecule has 3 aromatic carbocycles. The van der Waals surface area contributed by atoms with E-state index >= 15 is 0 Å². The van der Waals surface area contributed by atoms with Gasteiger partial charge in [0.25, 0.3) is 5.91 Å². The average molecular weight is 642 g/mol. The molecule has 11 heteroatoms. The molecule has 0 fully saturated rings. The van der Waals surface area contributed by atoms with Crippen LogP contribution in [0.3, 0.4) is 0 Å². The fraction of sp³-hybridized carbons (Fsp3) is 0.156. The number of carbonyl (C=O) groups is 2. The molecule has 2 amide bonds. The number of carbonyl (C=O) groups excluding carboxylic acids is 2. The van der Waals surface area contributed by atoms with E-state index in [1.54, 1.807) is 69.3 Å². The van der Waals surface area contributed by atoms with Gasteiger partial charge in [-0.2, -0.15) is 0 Å². The van der Waals surface area contributed by atoms with Crippen LogP contribution < -0.4 is 20.7 Å². The first-order valence-corrected chi connectivity index (χ1v) is 14.2. The van der Waals surface area contributed by atoms with Crippen molar-refractivity contribution in [3.05, 3.63) is 101 Å². The lowest BCUT2D eigenvalue weighted by Crippen LogP contribution is -2.27. The van der Waals surface area contributed by atoms with Crippen LogP contribution in [0.25, 0.3) is 11.0 Å². The molecule has 0 aliphatic rings. The lowest BCUT2D eigenvalue weighted by atomic mass is 10.1. The molecule has 0 aliphatic heterocycles. The number of hydrogen-bond donors (Lipinski definition) is 3. The third-order valence-electron chi connectivity index (χ3n) is 5.92. The number of halogens is 1. The Bertz CT molecular complexity index is 1820. The van der Waals surface area contributed by atoms with Gasteiger partial charge >= 0.3 is 6.09 Å². The maximum atomic E-state index is 13.2. The highest BCUT2D eigenvalue weighted by molar-refractivity contribution is 9.10. The van der Waals surface area contributed by atoms with E-state index in [2.05, 4.69) is 46.8 Å². The molecular formula is C32H29BrN6O4. The van der Waals surface area contributed by atoms with Crippen LogP contribution in [-0.2, 0) is 4.74 Å². The third-order valence-corrected chi connectivity index (χ3v) is 6.41. The van der Waals surface area contributed by atoms with Crippen molar-refractivity contribution in [3.8, 4) is 11.5 Å². The first-order valence-electron chi connectivity index (χ1n) is 13.4. The van der Waals surface area contributed by atoms with Crippen molar-refractivity contribution in [3.63, 3.8) is 0 Å². The standard InChI is InChI=1S/C32H29BrN6O4/c1-19-11-13-25-28(36-19)34-18-35-29(25)39-26-15-20(30(40)37-22-8-5-7-21(33)16-22)12-14-27(26)42-24-10-6-9-23(17-24)38-31(41)43-32(2,3)4/h5-18H,1-4H3,(H,37,40)(H,38,41)(H,34,35,36,39). The molecule has 0 saturated carbocycles. The molecule has 5 rings (SSSR count). The summed E-state index contributed by atoms with van der Waals surface area (Å²) in [6.45, 7) is 7.27. The first-order chi connectivity index (χ1) is 20.5. The molecule has 10 nitrogen and oxygen atoms in total. The smallest absolute Gasteiger partial charge is 0.412 e. The van der Waals surface area contributed by atoms with Crippen LogP contribution in [0.2, 0.25) is 0 Å². The molecule has 0 atom stereocenters. The normalized spacial score (nSPS) is 11.1. The minimum atomic E-state index is -0.636. The molecule has 5 aromatic rings. The van der Waals surface area contributed by atoms with E-state index in [0.717, 1.165) is 10.2 Å². The summed E-state index contributed by atoms with van der Waals surface area (Å²) < 4.78 is 12.5. The first kappa shape index (κ1) is 29.5. The highest BCUT2D eigenvalue weighted by Crippen LogP contribution is 2.35. The fourth-order valence-corrected chi connectivity index (χ4v) is 4.48. The second kappa shape index (κ2) is 12.5. The van der Waals surface area contributed by atoms with E-state index in [1.807, 2.05) is 37.3 Å². The van der Waals surface area contributed by atoms with Crippen LogP contribution in [0.15, 0.2) is 89.7 Å². The number of aromatic nitrogens is 3. The molecule has 43 heavy (non-hydrogen) atoms. The van der Waals surface area contributed by atoms with Crippen molar-refractivity contribution in [2.45, 2.75) is 33.3 Å². The summed E-state index contributed by atoms with van der Waals surface area (Å²) >= 11 is 3.43. The van der Waals surface area contributed by atoms with Gasteiger partial charge in [0, 0.05) is 33.2 Å². The van der Waals surface area contributed by atoms with Crippen molar-refractivity contribution in [2.24, 2.45) is 0 Å². The number of benzene rings is 3. The Morgan fingerprint density at radius 1 is 0.860 bits per heavy atom. The van der Waals surface area contributed by atoms with Gasteiger partial charge in [-0.25, -0.2) is 19.7 Å². The summed E-state index contributed by atoms with van der Waals surface area (Å²) in [5.41, 5.74) is 2.73. The molecule has 218 valence electrons. The number of aryl methyl sites for hydroxylation is 1. The summed E-state index contributed by atoms with van der Waals surface area (Å²) in [5.74, 6) is 1.06. The Kier molecular flexibility index (Phi) is 8.53. The number of nitrogens with one attached hydrogen (secondary N) is 3. The lowest BCUT2D eigenvalue weighted by molar-refractivity contribution is 0.0635. The van der Waals surface area contributed by atoms with Crippen molar-refractivity contribution in [2.75, 3.05) is 16.0 Å². The second-order valence-electron chi connectivity index (χ2n) is 10.6. The van der Waals surface area contributed by atoms with Crippen LogP contribution in [0.5, 0.6) is 11.5 Å². The van der Waals surface area contributed by atoms with E-state index in [4.69, 9.17) is 9.47 Å². The van der Waals surface area contributed by atoms with Crippen LogP contribution in [-0.4, -0.2) is 32.6 Å². The van der Waals surface area contributed by atoms with Gasteiger partial charge in [-0.3, -0.25) is 10.1 Å². The van der Waals surface area contributed by atoms with Crippen molar-refractivity contribution >= 4 is 61.8 Å². The molecule has 3 N–H and O–H groups in total.